The summed E-state index contributed by atoms with van der Waals surface area (Å²) in [6, 6.07) is 13.5. The number of para-hydroxylation sites is 1. The van der Waals surface area contributed by atoms with E-state index in [-0.39, 0.29) is 24.9 Å². The molecule has 0 atom stereocenters. The van der Waals surface area contributed by atoms with Crippen molar-refractivity contribution in [2.75, 3.05) is 35.6 Å². The summed E-state index contributed by atoms with van der Waals surface area (Å²) in [5.41, 5.74) is 10.8. The van der Waals surface area contributed by atoms with Gasteiger partial charge in [0, 0.05) is 23.6 Å². The number of benzene rings is 2. The van der Waals surface area contributed by atoms with Gasteiger partial charge >= 0.3 is 0 Å². The van der Waals surface area contributed by atoms with Gasteiger partial charge in [0.2, 0.25) is 11.8 Å². The molecule has 0 bridgehead atoms. The Bertz CT molecular complexity index is 835. The van der Waals surface area contributed by atoms with Gasteiger partial charge in [-0.15, -0.1) is 0 Å². The van der Waals surface area contributed by atoms with Crippen molar-refractivity contribution in [3.63, 3.8) is 0 Å². The van der Waals surface area contributed by atoms with Gasteiger partial charge in [-0.2, -0.15) is 0 Å². The highest BCUT2D eigenvalue weighted by Gasteiger charge is 2.20. The number of nitrogens with one attached hydrogen (secondary N) is 2. The minimum absolute atomic E-state index is 0.0471. The van der Waals surface area contributed by atoms with Gasteiger partial charge in [-0.3, -0.25) is 9.59 Å². The van der Waals surface area contributed by atoms with E-state index in [4.69, 9.17) is 5.73 Å². The number of nitrogens with two attached hydrogens (primary N) is 1. The van der Waals surface area contributed by atoms with Gasteiger partial charge in [0.1, 0.15) is 0 Å². The summed E-state index contributed by atoms with van der Waals surface area (Å²) in [5.74, 6) is -0.406. The zero-order valence-electron chi connectivity index (χ0n) is 15.6. The van der Waals surface area contributed by atoms with Crippen molar-refractivity contribution < 1.29 is 9.59 Å². The lowest BCUT2D eigenvalue weighted by Crippen LogP contribution is -2.42. The first-order valence-electron chi connectivity index (χ1n) is 9.35. The normalized spacial score (nSPS) is 13.0. The lowest BCUT2D eigenvalue weighted by atomic mass is 10.00. The van der Waals surface area contributed by atoms with Crippen molar-refractivity contribution in [3.05, 3.63) is 53.6 Å². The first kappa shape index (κ1) is 18.8. The summed E-state index contributed by atoms with van der Waals surface area (Å²) >= 11 is 0. The molecule has 1 aliphatic heterocycles. The summed E-state index contributed by atoms with van der Waals surface area (Å²) in [5, 5.41) is 5.57. The molecular weight excluding hydrogens is 340 g/mol. The minimum Gasteiger partial charge on any atom is -0.398 e. The number of hydrogen-bond donors (Lipinski definition) is 3. The van der Waals surface area contributed by atoms with E-state index in [1.54, 1.807) is 0 Å². The fourth-order valence-electron chi connectivity index (χ4n) is 3.45. The number of carbonyl (C=O) groups is 2. The van der Waals surface area contributed by atoms with Crippen LogP contribution in [0.2, 0.25) is 0 Å². The lowest BCUT2D eigenvalue weighted by Gasteiger charge is -2.31. The second-order valence-corrected chi connectivity index (χ2v) is 6.71. The van der Waals surface area contributed by atoms with Gasteiger partial charge in [0.05, 0.1) is 13.1 Å². The molecule has 3 rings (SSSR count). The zero-order valence-corrected chi connectivity index (χ0v) is 15.6. The highest BCUT2D eigenvalue weighted by molar-refractivity contribution is 5.95. The number of nitrogens with zero attached hydrogens (tertiary/aromatic N) is 1. The largest absolute Gasteiger partial charge is 0.398 e. The second kappa shape index (κ2) is 8.58. The maximum absolute atomic E-state index is 12.3. The van der Waals surface area contributed by atoms with Crippen LogP contribution in [0.3, 0.4) is 0 Å². The molecule has 2 aromatic rings. The molecule has 0 radical (unpaired) electrons. The maximum Gasteiger partial charge on any atom is 0.243 e. The molecule has 27 heavy (non-hydrogen) atoms. The molecule has 0 unspecified atom stereocenters. The third-order valence-corrected chi connectivity index (χ3v) is 4.84. The lowest BCUT2D eigenvalue weighted by molar-refractivity contribution is -0.123. The standard InChI is InChI=1S/C21H26N4O2/c1-2-15-7-3-4-10-18(15)24-20(26)13-23-21(27)14-25-12-6-8-16-17(22)9-5-11-19(16)25/h3-5,7,9-11H,2,6,8,12-14,22H2,1H3,(H,23,27)(H,24,26). The fraction of sp³-hybridized carbons (Fsp3) is 0.333. The van der Waals surface area contributed by atoms with E-state index < -0.39 is 0 Å². The van der Waals surface area contributed by atoms with E-state index in [2.05, 4.69) is 10.6 Å². The molecule has 4 N–H and O–H groups in total. The Kier molecular flexibility index (Phi) is 5.96. The average molecular weight is 366 g/mol. The molecule has 1 aliphatic rings. The Morgan fingerprint density at radius 1 is 1.11 bits per heavy atom. The average Bonchev–Trinajstić information content (AvgIpc) is 2.68. The summed E-state index contributed by atoms with van der Waals surface area (Å²) in [6.07, 6.45) is 2.72. The molecule has 6 heteroatoms. The van der Waals surface area contributed by atoms with Crippen molar-refractivity contribution in [1.29, 1.82) is 0 Å². The number of carbonyl (C=O) groups excluding carboxylic acids is 2. The number of hydrogen-bond acceptors (Lipinski definition) is 4. The summed E-state index contributed by atoms with van der Waals surface area (Å²) < 4.78 is 0. The van der Waals surface area contributed by atoms with Crippen molar-refractivity contribution in [1.82, 2.24) is 5.32 Å². The van der Waals surface area contributed by atoms with Crippen LogP contribution in [0.25, 0.3) is 0 Å². The van der Waals surface area contributed by atoms with Crippen LogP contribution in [-0.2, 0) is 22.4 Å². The number of nitrogen functional groups attached to an aromatic ring is 1. The van der Waals surface area contributed by atoms with Crippen LogP contribution in [0.4, 0.5) is 17.1 Å². The third-order valence-electron chi connectivity index (χ3n) is 4.84. The number of aryl methyl sites for hydroxylation is 1. The maximum atomic E-state index is 12.3. The molecule has 0 fully saturated rings. The van der Waals surface area contributed by atoms with Crippen molar-refractivity contribution in [2.24, 2.45) is 0 Å². The topological polar surface area (TPSA) is 87.5 Å². The van der Waals surface area contributed by atoms with E-state index >= 15 is 0 Å². The van der Waals surface area contributed by atoms with Crippen molar-refractivity contribution in [2.45, 2.75) is 26.2 Å². The molecule has 0 saturated carbocycles. The Hall–Kier alpha value is -3.02. The highest BCUT2D eigenvalue weighted by Crippen LogP contribution is 2.30. The van der Waals surface area contributed by atoms with Gasteiger partial charge in [-0.25, -0.2) is 0 Å². The molecule has 142 valence electrons. The molecule has 1 heterocycles. The van der Waals surface area contributed by atoms with Gasteiger partial charge in [0.25, 0.3) is 0 Å². The fourth-order valence-corrected chi connectivity index (χ4v) is 3.45. The molecule has 0 aliphatic carbocycles. The first-order valence-corrected chi connectivity index (χ1v) is 9.35. The molecule has 2 amide bonds. The summed E-state index contributed by atoms with van der Waals surface area (Å²) in [4.78, 5) is 26.5. The van der Waals surface area contributed by atoms with Crippen LogP contribution in [0.5, 0.6) is 0 Å². The predicted molar refractivity (Wildman–Crippen MR) is 109 cm³/mol. The van der Waals surface area contributed by atoms with Crippen LogP contribution in [0, 0.1) is 0 Å². The molecule has 2 aromatic carbocycles. The zero-order chi connectivity index (χ0) is 19.2. The van der Waals surface area contributed by atoms with Gasteiger partial charge in [-0.1, -0.05) is 31.2 Å². The minimum atomic E-state index is -0.229. The number of anilines is 3. The van der Waals surface area contributed by atoms with Crippen LogP contribution >= 0.6 is 0 Å². The van der Waals surface area contributed by atoms with Crippen LogP contribution in [0.1, 0.15) is 24.5 Å². The first-order chi connectivity index (χ1) is 13.1. The number of amides is 2. The highest BCUT2D eigenvalue weighted by atomic mass is 16.2. The molecule has 0 saturated heterocycles. The monoisotopic (exact) mass is 366 g/mol. The second-order valence-electron chi connectivity index (χ2n) is 6.71. The summed E-state index contributed by atoms with van der Waals surface area (Å²) in [6.45, 7) is 3.01. The third kappa shape index (κ3) is 4.58. The Balaban J connectivity index is 1.53. The summed E-state index contributed by atoms with van der Waals surface area (Å²) in [7, 11) is 0. The van der Waals surface area contributed by atoms with E-state index in [1.165, 1.54) is 0 Å². The smallest absolute Gasteiger partial charge is 0.243 e. The molecule has 0 aromatic heterocycles. The van der Waals surface area contributed by atoms with Crippen molar-refractivity contribution >= 4 is 28.9 Å². The van der Waals surface area contributed by atoms with E-state index in [9.17, 15) is 9.59 Å². The molecule has 0 spiro atoms. The van der Waals surface area contributed by atoms with Crippen LogP contribution in [-0.4, -0.2) is 31.4 Å². The van der Waals surface area contributed by atoms with Crippen molar-refractivity contribution in [3.8, 4) is 0 Å². The van der Waals surface area contributed by atoms with E-state index in [0.717, 1.165) is 54.0 Å². The Morgan fingerprint density at radius 2 is 1.93 bits per heavy atom. The SMILES string of the molecule is CCc1ccccc1NC(=O)CNC(=O)CN1CCCc2c(N)cccc21. The quantitative estimate of drug-likeness (QED) is 0.685. The molecular formula is C21H26N4O2. The number of fused-ring (bicyclic) bond motifs is 1. The molecule has 6 nitrogen and oxygen atoms in total. The number of rotatable bonds is 6. The van der Waals surface area contributed by atoms with Gasteiger partial charge in [0.15, 0.2) is 0 Å². The van der Waals surface area contributed by atoms with E-state index in [1.807, 2.05) is 54.3 Å². The van der Waals surface area contributed by atoms with Crippen LogP contribution in [0.15, 0.2) is 42.5 Å². The Labute approximate surface area is 159 Å². The van der Waals surface area contributed by atoms with Crippen LogP contribution < -0.4 is 21.3 Å². The Morgan fingerprint density at radius 3 is 2.74 bits per heavy atom. The van der Waals surface area contributed by atoms with Gasteiger partial charge < -0.3 is 21.3 Å². The predicted octanol–water partition coefficient (Wildman–Crippen LogP) is 2.34. The van der Waals surface area contributed by atoms with E-state index in [0.29, 0.717) is 0 Å². The van der Waals surface area contributed by atoms with Gasteiger partial charge in [-0.05, 0) is 48.6 Å².